The lowest BCUT2D eigenvalue weighted by Gasteiger charge is -2.13. The van der Waals surface area contributed by atoms with Gasteiger partial charge in [0, 0.05) is 17.1 Å². The van der Waals surface area contributed by atoms with Gasteiger partial charge >= 0.3 is 0 Å². The lowest BCUT2D eigenvalue weighted by molar-refractivity contribution is 0.175. The summed E-state index contributed by atoms with van der Waals surface area (Å²) in [4.78, 5) is 0. The minimum absolute atomic E-state index is 0.194. The summed E-state index contributed by atoms with van der Waals surface area (Å²) >= 11 is 6.01. The Balaban J connectivity index is 1.79. The number of hydrogen-bond acceptors (Lipinski definition) is 2. The first-order valence-electron chi connectivity index (χ1n) is 6.55. The molecule has 0 spiro atoms. The first kappa shape index (κ1) is 15.0. The Hall–Kier alpha value is -1.42. The summed E-state index contributed by atoms with van der Waals surface area (Å²) in [6.07, 6.45) is -0.0774. The highest BCUT2D eigenvalue weighted by atomic mass is 35.5. The average Bonchev–Trinajstić information content (AvgIpc) is 2.45. The Morgan fingerprint density at radius 3 is 2.55 bits per heavy atom. The predicted molar refractivity (Wildman–Crippen MR) is 79.4 cm³/mol. The maximum absolute atomic E-state index is 13.4. The maximum atomic E-state index is 13.4. The van der Waals surface area contributed by atoms with Gasteiger partial charge in [0.1, 0.15) is 5.82 Å². The SMILES string of the molecule is OC(CNCCc1ccccc1F)c1ccccc1Cl. The minimum Gasteiger partial charge on any atom is -0.387 e. The monoisotopic (exact) mass is 293 g/mol. The molecule has 1 atom stereocenters. The molecule has 0 aliphatic rings. The largest absolute Gasteiger partial charge is 0.387 e. The Kier molecular flexibility index (Phi) is 5.53. The molecule has 0 heterocycles. The molecular formula is C16H17ClFNO. The molecule has 0 aliphatic carbocycles. The van der Waals surface area contributed by atoms with Crippen molar-refractivity contribution >= 4 is 11.6 Å². The standard InChI is InChI=1S/C16H17ClFNO/c17-14-7-3-2-6-13(14)16(20)11-19-10-9-12-5-1-4-8-15(12)18/h1-8,16,19-20H,9-11H2. The summed E-state index contributed by atoms with van der Waals surface area (Å²) < 4.78 is 13.4. The van der Waals surface area contributed by atoms with Crippen molar-refractivity contribution < 1.29 is 9.50 Å². The third-order valence-electron chi connectivity index (χ3n) is 3.13. The van der Waals surface area contributed by atoms with Crippen LogP contribution in [-0.4, -0.2) is 18.2 Å². The van der Waals surface area contributed by atoms with Crippen LogP contribution in [0.4, 0.5) is 4.39 Å². The molecule has 0 aliphatic heterocycles. The second-order valence-corrected chi connectivity index (χ2v) is 4.99. The second kappa shape index (κ2) is 7.39. The number of aliphatic hydroxyl groups is 1. The van der Waals surface area contributed by atoms with Crippen molar-refractivity contribution in [3.8, 4) is 0 Å². The van der Waals surface area contributed by atoms with Gasteiger partial charge in [0.15, 0.2) is 0 Å². The smallest absolute Gasteiger partial charge is 0.126 e. The van der Waals surface area contributed by atoms with E-state index >= 15 is 0 Å². The van der Waals surface area contributed by atoms with Gasteiger partial charge in [0.2, 0.25) is 0 Å². The van der Waals surface area contributed by atoms with Crippen LogP contribution in [0, 0.1) is 5.82 Å². The van der Waals surface area contributed by atoms with E-state index in [-0.39, 0.29) is 5.82 Å². The third-order valence-corrected chi connectivity index (χ3v) is 3.48. The molecule has 0 bridgehead atoms. The summed E-state index contributed by atoms with van der Waals surface area (Å²) in [5.41, 5.74) is 1.37. The minimum atomic E-state index is -0.663. The summed E-state index contributed by atoms with van der Waals surface area (Å²) in [6, 6.07) is 13.9. The fourth-order valence-electron chi connectivity index (χ4n) is 2.02. The maximum Gasteiger partial charge on any atom is 0.126 e. The van der Waals surface area contributed by atoms with Crippen LogP contribution in [-0.2, 0) is 6.42 Å². The van der Waals surface area contributed by atoms with Gasteiger partial charge in [-0.25, -0.2) is 4.39 Å². The molecule has 2 N–H and O–H groups in total. The summed E-state index contributed by atoms with van der Waals surface area (Å²) in [6.45, 7) is 0.987. The molecule has 4 heteroatoms. The molecule has 106 valence electrons. The molecule has 0 fully saturated rings. The molecule has 2 aromatic carbocycles. The summed E-state index contributed by atoms with van der Waals surface area (Å²) in [5.74, 6) is -0.194. The zero-order chi connectivity index (χ0) is 14.4. The molecule has 0 saturated heterocycles. The number of benzene rings is 2. The van der Waals surface area contributed by atoms with Gasteiger partial charge in [-0.1, -0.05) is 48.0 Å². The molecule has 0 radical (unpaired) electrons. The van der Waals surface area contributed by atoms with Crippen molar-refractivity contribution in [1.29, 1.82) is 0 Å². The topological polar surface area (TPSA) is 32.3 Å². The van der Waals surface area contributed by atoms with Crippen LogP contribution < -0.4 is 5.32 Å². The molecule has 2 aromatic rings. The van der Waals surface area contributed by atoms with E-state index in [0.717, 1.165) is 0 Å². The van der Waals surface area contributed by atoms with Gasteiger partial charge in [0.05, 0.1) is 6.10 Å². The molecule has 2 rings (SSSR count). The Morgan fingerprint density at radius 1 is 1.10 bits per heavy atom. The van der Waals surface area contributed by atoms with Gasteiger partial charge in [-0.05, 0) is 30.7 Å². The normalized spacial score (nSPS) is 12.3. The Morgan fingerprint density at radius 2 is 1.80 bits per heavy atom. The summed E-state index contributed by atoms with van der Waals surface area (Å²) in [7, 11) is 0. The number of rotatable bonds is 6. The zero-order valence-corrected chi connectivity index (χ0v) is 11.8. The van der Waals surface area contributed by atoms with Crippen molar-refractivity contribution in [2.45, 2.75) is 12.5 Å². The van der Waals surface area contributed by atoms with Crippen LogP contribution >= 0.6 is 11.6 Å². The van der Waals surface area contributed by atoms with Crippen LogP contribution in [0.1, 0.15) is 17.2 Å². The number of nitrogens with one attached hydrogen (secondary N) is 1. The lowest BCUT2D eigenvalue weighted by Crippen LogP contribution is -2.24. The van der Waals surface area contributed by atoms with E-state index in [9.17, 15) is 9.50 Å². The van der Waals surface area contributed by atoms with Gasteiger partial charge in [-0.3, -0.25) is 0 Å². The van der Waals surface area contributed by atoms with Crippen LogP contribution in [0.2, 0.25) is 5.02 Å². The van der Waals surface area contributed by atoms with E-state index in [1.54, 1.807) is 24.3 Å². The molecule has 0 amide bonds. The lowest BCUT2D eigenvalue weighted by atomic mass is 10.1. The fraction of sp³-hybridized carbons (Fsp3) is 0.250. The van der Waals surface area contributed by atoms with Crippen LogP contribution in [0.5, 0.6) is 0 Å². The summed E-state index contributed by atoms with van der Waals surface area (Å²) in [5, 5.41) is 13.7. The highest BCUT2D eigenvalue weighted by Gasteiger charge is 2.10. The zero-order valence-electron chi connectivity index (χ0n) is 11.0. The van der Waals surface area contributed by atoms with Gasteiger partial charge in [-0.15, -0.1) is 0 Å². The second-order valence-electron chi connectivity index (χ2n) is 4.58. The van der Waals surface area contributed by atoms with E-state index in [4.69, 9.17) is 11.6 Å². The molecule has 0 saturated carbocycles. The van der Waals surface area contributed by atoms with E-state index in [2.05, 4.69) is 5.32 Å². The Bertz CT molecular complexity index is 562. The number of halogens is 2. The third kappa shape index (κ3) is 4.04. The van der Waals surface area contributed by atoms with Crippen LogP contribution in [0.25, 0.3) is 0 Å². The Labute approximate surface area is 123 Å². The van der Waals surface area contributed by atoms with Crippen molar-refractivity contribution in [1.82, 2.24) is 5.32 Å². The van der Waals surface area contributed by atoms with Gasteiger partial charge in [-0.2, -0.15) is 0 Å². The molecule has 0 aromatic heterocycles. The first-order valence-corrected chi connectivity index (χ1v) is 6.93. The molecule has 2 nitrogen and oxygen atoms in total. The quantitative estimate of drug-likeness (QED) is 0.801. The molecule has 1 unspecified atom stereocenters. The van der Waals surface area contributed by atoms with Gasteiger partial charge < -0.3 is 10.4 Å². The van der Waals surface area contributed by atoms with Crippen LogP contribution in [0.3, 0.4) is 0 Å². The van der Waals surface area contributed by atoms with Gasteiger partial charge in [0.25, 0.3) is 0 Å². The first-order chi connectivity index (χ1) is 9.68. The molecule has 20 heavy (non-hydrogen) atoms. The highest BCUT2D eigenvalue weighted by molar-refractivity contribution is 6.31. The highest BCUT2D eigenvalue weighted by Crippen LogP contribution is 2.21. The average molecular weight is 294 g/mol. The number of hydrogen-bond donors (Lipinski definition) is 2. The van der Waals surface area contributed by atoms with Crippen molar-refractivity contribution in [2.75, 3.05) is 13.1 Å². The fourth-order valence-corrected chi connectivity index (χ4v) is 2.28. The molecular weight excluding hydrogens is 277 g/mol. The van der Waals surface area contributed by atoms with E-state index < -0.39 is 6.10 Å². The van der Waals surface area contributed by atoms with Crippen LogP contribution in [0.15, 0.2) is 48.5 Å². The number of aliphatic hydroxyl groups excluding tert-OH is 1. The van der Waals surface area contributed by atoms with Crippen molar-refractivity contribution in [2.24, 2.45) is 0 Å². The van der Waals surface area contributed by atoms with E-state index in [1.807, 2.05) is 18.2 Å². The van der Waals surface area contributed by atoms with E-state index in [0.29, 0.717) is 35.7 Å². The van der Waals surface area contributed by atoms with Crippen molar-refractivity contribution in [3.05, 3.63) is 70.5 Å². The van der Waals surface area contributed by atoms with Crippen molar-refractivity contribution in [3.63, 3.8) is 0 Å². The van der Waals surface area contributed by atoms with E-state index in [1.165, 1.54) is 6.07 Å². The predicted octanol–water partition coefficient (Wildman–Crippen LogP) is 3.34.